The summed E-state index contributed by atoms with van der Waals surface area (Å²) < 4.78 is 0. The Kier molecular flexibility index (Phi) is 2.85. The third-order valence-electron chi connectivity index (χ3n) is 3.91. The zero-order chi connectivity index (χ0) is 11.7. The maximum atomic E-state index is 12.3. The van der Waals surface area contributed by atoms with Gasteiger partial charge in [-0.3, -0.25) is 4.79 Å². The number of nitrogens with zero attached hydrogens (tertiary/aromatic N) is 1. The van der Waals surface area contributed by atoms with Crippen molar-refractivity contribution in [1.82, 2.24) is 10.2 Å². The molecule has 17 heavy (non-hydrogen) atoms. The van der Waals surface area contributed by atoms with Gasteiger partial charge in [-0.15, -0.1) is 0 Å². The van der Waals surface area contributed by atoms with Gasteiger partial charge in [0, 0.05) is 24.7 Å². The number of rotatable bonds is 1. The zero-order valence-electron chi connectivity index (χ0n) is 9.93. The number of hydrogen-bond donors (Lipinski definition) is 1. The van der Waals surface area contributed by atoms with E-state index in [1.165, 1.54) is 12.8 Å². The third kappa shape index (κ3) is 2.07. The van der Waals surface area contributed by atoms with Crippen LogP contribution in [-0.2, 0) is 0 Å². The molecule has 1 N–H and O–H groups in total. The first-order valence-electron chi connectivity index (χ1n) is 6.42. The Bertz CT molecular complexity index is 390. The van der Waals surface area contributed by atoms with Crippen LogP contribution in [0.15, 0.2) is 30.3 Å². The molecular weight excluding hydrogens is 212 g/mol. The topological polar surface area (TPSA) is 32.3 Å². The summed E-state index contributed by atoms with van der Waals surface area (Å²) in [5, 5.41) is 3.52. The Balaban J connectivity index is 1.72. The van der Waals surface area contributed by atoms with E-state index < -0.39 is 0 Å². The Hall–Kier alpha value is -1.35. The lowest BCUT2D eigenvalue weighted by Gasteiger charge is -2.24. The van der Waals surface area contributed by atoms with E-state index >= 15 is 0 Å². The Labute approximate surface area is 102 Å². The summed E-state index contributed by atoms with van der Waals surface area (Å²) >= 11 is 0. The fraction of sp³-hybridized carbons (Fsp3) is 0.500. The summed E-state index contributed by atoms with van der Waals surface area (Å²) in [5.74, 6) is 0.846. The number of amides is 1. The van der Waals surface area contributed by atoms with Crippen molar-refractivity contribution >= 4 is 5.91 Å². The second-order valence-corrected chi connectivity index (χ2v) is 5.04. The van der Waals surface area contributed by atoms with Gasteiger partial charge in [0.05, 0.1) is 0 Å². The van der Waals surface area contributed by atoms with E-state index in [4.69, 9.17) is 0 Å². The van der Waals surface area contributed by atoms with Crippen LogP contribution in [0.2, 0.25) is 0 Å². The monoisotopic (exact) mass is 230 g/mol. The van der Waals surface area contributed by atoms with Crippen molar-refractivity contribution in [1.29, 1.82) is 0 Å². The van der Waals surface area contributed by atoms with E-state index in [9.17, 15) is 4.79 Å². The molecule has 2 aliphatic heterocycles. The molecule has 0 spiro atoms. The van der Waals surface area contributed by atoms with E-state index in [1.54, 1.807) is 0 Å². The molecule has 0 aromatic heterocycles. The number of fused-ring (bicyclic) bond motifs is 1. The molecular formula is C14H18N2O. The van der Waals surface area contributed by atoms with Crippen LogP contribution in [0, 0.1) is 5.92 Å². The minimum atomic E-state index is 0.182. The predicted octanol–water partition coefficient (Wildman–Crippen LogP) is 1.51. The standard InChI is InChI=1S/C14H18N2O/c17-14(11-5-2-1-3-6-11)16-9-12-7-4-8-15-13(12)10-16/h1-3,5-6,12-13,15H,4,7-10H2. The van der Waals surface area contributed by atoms with Crippen LogP contribution in [0.3, 0.4) is 0 Å². The van der Waals surface area contributed by atoms with E-state index in [0.717, 1.165) is 25.2 Å². The number of carbonyl (C=O) groups is 1. The molecule has 90 valence electrons. The lowest BCUT2D eigenvalue weighted by Crippen LogP contribution is -2.41. The average Bonchev–Trinajstić information content (AvgIpc) is 2.82. The van der Waals surface area contributed by atoms with Crippen molar-refractivity contribution in [3.05, 3.63) is 35.9 Å². The lowest BCUT2D eigenvalue weighted by atomic mass is 9.94. The first-order valence-corrected chi connectivity index (χ1v) is 6.42. The molecule has 2 heterocycles. The molecule has 2 saturated heterocycles. The van der Waals surface area contributed by atoms with E-state index in [1.807, 2.05) is 35.2 Å². The summed E-state index contributed by atoms with van der Waals surface area (Å²) in [7, 11) is 0. The summed E-state index contributed by atoms with van der Waals surface area (Å²) in [5.41, 5.74) is 0.811. The predicted molar refractivity (Wildman–Crippen MR) is 66.9 cm³/mol. The molecule has 0 saturated carbocycles. The molecule has 1 amide bonds. The van der Waals surface area contributed by atoms with Gasteiger partial charge in [-0.1, -0.05) is 18.2 Å². The van der Waals surface area contributed by atoms with Crippen LogP contribution in [0.4, 0.5) is 0 Å². The van der Waals surface area contributed by atoms with Crippen molar-refractivity contribution in [2.45, 2.75) is 18.9 Å². The molecule has 2 atom stereocenters. The van der Waals surface area contributed by atoms with Gasteiger partial charge in [-0.05, 0) is 37.4 Å². The van der Waals surface area contributed by atoms with E-state index in [2.05, 4.69) is 5.32 Å². The maximum absolute atomic E-state index is 12.3. The van der Waals surface area contributed by atoms with Gasteiger partial charge in [-0.2, -0.15) is 0 Å². The maximum Gasteiger partial charge on any atom is 0.253 e. The Morgan fingerprint density at radius 1 is 1.24 bits per heavy atom. The van der Waals surface area contributed by atoms with Crippen LogP contribution in [0.5, 0.6) is 0 Å². The minimum Gasteiger partial charge on any atom is -0.337 e. The average molecular weight is 230 g/mol. The van der Waals surface area contributed by atoms with Gasteiger partial charge in [0.15, 0.2) is 0 Å². The summed E-state index contributed by atoms with van der Waals surface area (Å²) in [6.45, 7) is 2.90. The van der Waals surface area contributed by atoms with Gasteiger partial charge in [0.25, 0.3) is 5.91 Å². The Morgan fingerprint density at radius 2 is 2.06 bits per heavy atom. The van der Waals surface area contributed by atoms with Gasteiger partial charge < -0.3 is 10.2 Å². The third-order valence-corrected chi connectivity index (χ3v) is 3.91. The number of nitrogens with one attached hydrogen (secondary N) is 1. The highest BCUT2D eigenvalue weighted by Gasteiger charge is 2.36. The van der Waals surface area contributed by atoms with E-state index in [0.29, 0.717) is 12.0 Å². The van der Waals surface area contributed by atoms with Crippen LogP contribution < -0.4 is 5.32 Å². The molecule has 3 rings (SSSR count). The van der Waals surface area contributed by atoms with Crippen LogP contribution in [0.25, 0.3) is 0 Å². The second kappa shape index (κ2) is 4.49. The number of carbonyl (C=O) groups excluding carboxylic acids is 1. The molecule has 1 aromatic rings. The zero-order valence-corrected chi connectivity index (χ0v) is 9.93. The molecule has 0 aliphatic carbocycles. The van der Waals surface area contributed by atoms with Crippen molar-refractivity contribution in [2.75, 3.05) is 19.6 Å². The fourth-order valence-electron chi connectivity index (χ4n) is 2.98. The van der Waals surface area contributed by atoms with E-state index in [-0.39, 0.29) is 5.91 Å². The number of benzene rings is 1. The Morgan fingerprint density at radius 3 is 2.82 bits per heavy atom. The highest BCUT2D eigenvalue weighted by Crippen LogP contribution is 2.25. The van der Waals surface area contributed by atoms with Crippen LogP contribution in [0.1, 0.15) is 23.2 Å². The molecule has 3 heteroatoms. The first-order chi connectivity index (χ1) is 8.34. The van der Waals surface area contributed by atoms with Crippen LogP contribution in [-0.4, -0.2) is 36.5 Å². The minimum absolute atomic E-state index is 0.182. The molecule has 2 aliphatic rings. The normalized spacial score (nSPS) is 27.9. The fourth-order valence-corrected chi connectivity index (χ4v) is 2.98. The second-order valence-electron chi connectivity index (χ2n) is 5.04. The molecule has 3 nitrogen and oxygen atoms in total. The van der Waals surface area contributed by atoms with Gasteiger partial charge >= 0.3 is 0 Å². The summed E-state index contributed by atoms with van der Waals surface area (Å²) in [6.07, 6.45) is 2.50. The number of hydrogen-bond acceptors (Lipinski definition) is 2. The van der Waals surface area contributed by atoms with Crippen molar-refractivity contribution in [3.63, 3.8) is 0 Å². The smallest absolute Gasteiger partial charge is 0.253 e. The lowest BCUT2D eigenvalue weighted by molar-refractivity contribution is 0.0785. The number of likely N-dealkylation sites (tertiary alicyclic amines) is 1. The highest BCUT2D eigenvalue weighted by molar-refractivity contribution is 5.94. The first kappa shape index (κ1) is 10.8. The number of piperidine rings is 1. The molecule has 0 radical (unpaired) electrons. The van der Waals surface area contributed by atoms with Crippen LogP contribution >= 0.6 is 0 Å². The van der Waals surface area contributed by atoms with Gasteiger partial charge in [0.2, 0.25) is 0 Å². The van der Waals surface area contributed by atoms with Gasteiger partial charge in [-0.25, -0.2) is 0 Å². The SMILES string of the molecule is O=C(c1ccccc1)N1CC2CCCNC2C1. The van der Waals surface area contributed by atoms with Crippen molar-refractivity contribution < 1.29 is 4.79 Å². The summed E-state index contributed by atoms with van der Waals surface area (Å²) in [6, 6.07) is 10.1. The quantitative estimate of drug-likeness (QED) is 0.793. The largest absolute Gasteiger partial charge is 0.337 e. The highest BCUT2D eigenvalue weighted by atomic mass is 16.2. The molecule has 2 unspecified atom stereocenters. The summed E-state index contributed by atoms with van der Waals surface area (Å²) in [4.78, 5) is 14.3. The molecule has 0 bridgehead atoms. The molecule has 2 fully saturated rings. The molecule has 1 aromatic carbocycles. The van der Waals surface area contributed by atoms with Gasteiger partial charge in [0.1, 0.15) is 0 Å². The van der Waals surface area contributed by atoms with Crippen molar-refractivity contribution in [3.8, 4) is 0 Å². The van der Waals surface area contributed by atoms with Crippen molar-refractivity contribution in [2.24, 2.45) is 5.92 Å².